The van der Waals surface area contributed by atoms with Crippen molar-refractivity contribution in [1.29, 1.82) is 0 Å². The van der Waals surface area contributed by atoms with Crippen molar-refractivity contribution in [1.82, 2.24) is 14.8 Å². The van der Waals surface area contributed by atoms with Crippen LogP contribution in [0, 0.1) is 13.8 Å². The molecule has 1 fully saturated rings. The van der Waals surface area contributed by atoms with Gasteiger partial charge in [0.25, 0.3) is 5.56 Å². The van der Waals surface area contributed by atoms with Gasteiger partial charge < -0.3 is 10.1 Å². The van der Waals surface area contributed by atoms with Crippen molar-refractivity contribution >= 4 is 28.3 Å². The molecular formula is C20H21ClN4O2. The second kappa shape index (κ2) is 6.62. The average molecular weight is 385 g/mol. The quantitative estimate of drug-likeness (QED) is 0.750. The Hall–Kier alpha value is -2.44. The van der Waals surface area contributed by atoms with Gasteiger partial charge in [0.2, 0.25) is 0 Å². The number of benzene rings is 1. The van der Waals surface area contributed by atoms with Gasteiger partial charge in [-0.2, -0.15) is 5.10 Å². The minimum absolute atomic E-state index is 0.213. The van der Waals surface area contributed by atoms with Crippen LogP contribution in [-0.2, 0) is 17.3 Å². The Bertz CT molecular complexity index is 1090. The van der Waals surface area contributed by atoms with Crippen LogP contribution < -0.4 is 10.9 Å². The monoisotopic (exact) mass is 384 g/mol. The van der Waals surface area contributed by atoms with E-state index in [1.54, 1.807) is 7.05 Å². The molecule has 0 spiro atoms. The number of anilines is 1. The first-order chi connectivity index (χ1) is 12.9. The number of nitrogens with zero attached hydrogens (tertiary/aromatic N) is 3. The van der Waals surface area contributed by atoms with Gasteiger partial charge in [-0.3, -0.25) is 4.79 Å². The fourth-order valence-corrected chi connectivity index (χ4v) is 3.95. The molecular weight excluding hydrogens is 364 g/mol. The van der Waals surface area contributed by atoms with Gasteiger partial charge in [-0.05, 0) is 43.2 Å². The predicted molar refractivity (Wildman–Crippen MR) is 106 cm³/mol. The number of hydrogen-bond acceptors (Lipinski definition) is 5. The predicted octanol–water partition coefficient (Wildman–Crippen LogP) is 3.33. The number of aromatic nitrogens is 3. The first-order valence-corrected chi connectivity index (χ1v) is 9.25. The summed E-state index contributed by atoms with van der Waals surface area (Å²) >= 11 is 6.36. The molecule has 1 atom stereocenters. The molecule has 140 valence electrons. The molecule has 1 aliphatic rings. The van der Waals surface area contributed by atoms with E-state index >= 15 is 0 Å². The number of ether oxygens (including phenoxy) is 1. The molecule has 6 nitrogen and oxygen atoms in total. The molecule has 0 radical (unpaired) electrons. The lowest BCUT2D eigenvalue weighted by molar-refractivity contribution is 0.182. The van der Waals surface area contributed by atoms with Gasteiger partial charge in [-0.15, -0.1) is 0 Å². The Morgan fingerprint density at radius 3 is 2.81 bits per heavy atom. The van der Waals surface area contributed by atoms with Crippen molar-refractivity contribution in [3.05, 3.63) is 62.5 Å². The van der Waals surface area contributed by atoms with E-state index in [0.29, 0.717) is 24.5 Å². The lowest BCUT2D eigenvalue weighted by atomic mass is 9.86. The maximum atomic E-state index is 12.5. The number of hydrogen-bond donors (Lipinski definition) is 1. The fraction of sp³-hybridized carbons (Fsp3) is 0.350. The highest BCUT2D eigenvalue weighted by Crippen LogP contribution is 2.37. The standard InChI is InChI=1S/C20H21ClN4O2/c1-12-15(5-4-6-16(12)21)20(9-10-27-11-20)23-17-8-7-14-13(2)24-25(3)19(26)18(14)22-17/h4-8H,9-11H2,1-3H3,(H,22,23). The molecule has 7 heteroatoms. The van der Waals surface area contributed by atoms with Crippen molar-refractivity contribution in [3.8, 4) is 0 Å². The van der Waals surface area contributed by atoms with Crippen molar-refractivity contribution < 1.29 is 4.74 Å². The summed E-state index contributed by atoms with van der Waals surface area (Å²) in [6.45, 7) is 5.05. The second-order valence-electron chi connectivity index (χ2n) is 7.03. The topological polar surface area (TPSA) is 69.0 Å². The van der Waals surface area contributed by atoms with Gasteiger partial charge >= 0.3 is 0 Å². The van der Waals surface area contributed by atoms with Crippen LogP contribution in [0.1, 0.15) is 23.2 Å². The van der Waals surface area contributed by atoms with E-state index in [-0.39, 0.29) is 5.56 Å². The van der Waals surface area contributed by atoms with E-state index in [9.17, 15) is 4.79 Å². The maximum absolute atomic E-state index is 12.5. The lowest BCUT2D eigenvalue weighted by Gasteiger charge is -2.32. The number of nitrogens with one attached hydrogen (secondary N) is 1. The SMILES string of the molecule is Cc1c(Cl)cccc1C1(Nc2ccc3c(C)nn(C)c(=O)c3n2)CCOC1. The normalized spacial score (nSPS) is 19.6. The molecule has 3 heterocycles. The van der Waals surface area contributed by atoms with E-state index in [2.05, 4.69) is 21.5 Å². The fourth-order valence-electron chi connectivity index (χ4n) is 3.78. The van der Waals surface area contributed by atoms with Crippen LogP contribution in [0.25, 0.3) is 10.9 Å². The molecule has 0 amide bonds. The van der Waals surface area contributed by atoms with E-state index in [1.807, 2.05) is 38.1 Å². The maximum Gasteiger partial charge on any atom is 0.293 e. The highest BCUT2D eigenvalue weighted by molar-refractivity contribution is 6.31. The molecule has 3 aromatic rings. The summed E-state index contributed by atoms with van der Waals surface area (Å²) in [6, 6.07) is 9.68. The van der Waals surface area contributed by atoms with Crippen LogP contribution in [-0.4, -0.2) is 28.0 Å². The largest absolute Gasteiger partial charge is 0.379 e. The molecule has 4 rings (SSSR count). The van der Waals surface area contributed by atoms with Crippen LogP contribution in [0.4, 0.5) is 5.82 Å². The Labute approximate surface area is 162 Å². The third kappa shape index (κ3) is 2.99. The molecule has 0 saturated carbocycles. The highest BCUT2D eigenvalue weighted by Gasteiger charge is 2.38. The summed E-state index contributed by atoms with van der Waals surface area (Å²) in [7, 11) is 1.64. The highest BCUT2D eigenvalue weighted by atomic mass is 35.5. The van der Waals surface area contributed by atoms with Crippen LogP contribution in [0.2, 0.25) is 5.02 Å². The van der Waals surface area contributed by atoms with Crippen molar-refractivity contribution in [2.75, 3.05) is 18.5 Å². The van der Waals surface area contributed by atoms with Crippen molar-refractivity contribution in [2.45, 2.75) is 25.8 Å². The third-order valence-electron chi connectivity index (χ3n) is 5.25. The van der Waals surface area contributed by atoms with Gasteiger partial charge in [-0.1, -0.05) is 23.7 Å². The van der Waals surface area contributed by atoms with Gasteiger partial charge in [0.15, 0.2) is 0 Å². The minimum Gasteiger partial charge on any atom is -0.379 e. The molecule has 1 aromatic carbocycles. The van der Waals surface area contributed by atoms with Gasteiger partial charge in [-0.25, -0.2) is 9.67 Å². The first-order valence-electron chi connectivity index (χ1n) is 8.87. The van der Waals surface area contributed by atoms with Crippen LogP contribution >= 0.6 is 11.6 Å². The number of fused-ring (bicyclic) bond motifs is 1. The summed E-state index contributed by atoms with van der Waals surface area (Å²) in [4.78, 5) is 17.1. The molecule has 1 N–H and O–H groups in total. The molecule has 27 heavy (non-hydrogen) atoms. The zero-order valence-electron chi connectivity index (χ0n) is 15.5. The molecule has 2 aromatic heterocycles. The molecule has 0 bridgehead atoms. The van der Waals surface area contributed by atoms with Crippen molar-refractivity contribution in [2.24, 2.45) is 7.05 Å². The van der Waals surface area contributed by atoms with E-state index in [4.69, 9.17) is 16.3 Å². The first kappa shape index (κ1) is 17.9. The Morgan fingerprint density at radius 2 is 2.07 bits per heavy atom. The molecule has 0 aliphatic carbocycles. The summed E-state index contributed by atoms with van der Waals surface area (Å²) in [5, 5.41) is 9.25. The Balaban J connectivity index is 1.82. The molecule has 1 saturated heterocycles. The number of aryl methyl sites for hydroxylation is 2. The summed E-state index contributed by atoms with van der Waals surface area (Å²) < 4.78 is 7.05. The smallest absolute Gasteiger partial charge is 0.293 e. The van der Waals surface area contributed by atoms with E-state index < -0.39 is 5.54 Å². The van der Waals surface area contributed by atoms with Crippen LogP contribution in [0.5, 0.6) is 0 Å². The molecule has 1 aliphatic heterocycles. The lowest BCUT2D eigenvalue weighted by Crippen LogP contribution is -2.37. The zero-order chi connectivity index (χ0) is 19.2. The van der Waals surface area contributed by atoms with Gasteiger partial charge in [0, 0.05) is 30.5 Å². The zero-order valence-corrected chi connectivity index (χ0v) is 16.3. The third-order valence-corrected chi connectivity index (χ3v) is 5.66. The summed E-state index contributed by atoms with van der Waals surface area (Å²) in [6.07, 6.45) is 0.793. The van der Waals surface area contributed by atoms with E-state index in [1.165, 1.54) is 4.68 Å². The second-order valence-corrected chi connectivity index (χ2v) is 7.44. The number of rotatable bonds is 3. The average Bonchev–Trinajstić information content (AvgIpc) is 3.11. The minimum atomic E-state index is -0.428. The van der Waals surface area contributed by atoms with Crippen LogP contribution in [0.15, 0.2) is 35.1 Å². The summed E-state index contributed by atoms with van der Waals surface area (Å²) in [5.74, 6) is 0.634. The number of pyridine rings is 1. The Morgan fingerprint density at radius 1 is 1.26 bits per heavy atom. The van der Waals surface area contributed by atoms with Gasteiger partial charge in [0.1, 0.15) is 11.3 Å². The Kier molecular flexibility index (Phi) is 4.40. The van der Waals surface area contributed by atoms with Crippen LogP contribution in [0.3, 0.4) is 0 Å². The van der Waals surface area contributed by atoms with Crippen molar-refractivity contribution in [3.63, 3.8) is 0 Å². The summed E-state index contributed by atoms with van der Waals surface area (Å²) in [5.41, 5.74) is 2.66. The van der Waals surface area contributed by atoms with Gasteiger partial charge in [0.05, 0.1) is 17.8 Å². The van der Waals surface area contributed by atoms with E-state index in [0.717, 1.165) is 33.7 Å². The molecule has 1 unspecified atom stereocenters. The number of halogens is 1.